The van der Waals surface area contributed by atoms with E-state index in [1.54, 1.807) is 18.2 Å². The first-order chi connectivity index (χ1) is 11.1. The van der Waals surface area contributed by atoms with Crippen molar-refractivity contribution in [1.82, 2.24) is 15.0 Å². The fourth-order valence-corrected chi connectivity index (χ4v) is 1.95. The largest absolute Gasteiger partial charge is 0.493 e. The van der Waals surface area contributed by atoms with Crippen LogP contribution in [-0.4, -0.2) is 26.0 Å². The first-order valence-electron chi connectivity index (χ1n) is 6.78. The molecule has 0 saturated carbocycles. The second-order valence-electron chi connectivity index (χ2n) is 4.71. The third-order valence-corrected chi connectivity index (χ3v) is 3.09. The molecule has 4 N–H and O–H groups in total. The Morgan fingerprint density at radius 3 is 2.52 bits per heavy atom. The van der Waals surface area contributed by atoms with Crippen LogP contribution in [0.4, 0.5) is 11.5 Å². The maximum atomic E-state index is 12.3. The molecule has 3 aromatic rings. The van der Waals surface area contributed by atoms with Gasteiger partial charge in [0, 0.05) is 23.5 Å². The van der Waals surface area contributed by atoms with Gasteiger partial charge in [0.2, 0.25) is 5.88 Å². The van der Waals surface area contributed by atoms with Crippen molar-refractivity contribution < 1.29 is 9.90 Å². The molecule has 0 atom stereocenters. The van der Waals surface area contributed by atoms with E-state index in [2.05, 4.69) is 20.3 Å². The average molecular weight is 307 g/mol. The molecule has 7 heteroatoms. The van der Waals surface area contributed by atoms with E-state index in [1.807, 2.05) is 18.2 Å². The Morgan fingerprint density at radius 1 is 1.04 bits per heavy atom. The average Bonchev–Trinajstić information content (AvgIpc) is 2.57. The first-order valence-corrected chi connectivity index (χ1v) is 6.78. The van der Waals surface area contributed by atoms with E-state index in [0.717, 1.165) is 0 Å². The molecule has 2 heterocycles. The number of amides is 1. The van der Waals surface area contributed by atoms with Crippen LogP contribution in [0.15, 0.2) is 54.9 Å². The van der Waals surface area contributed by atoms with Crippen LogP contribution in [0.5, 0.6) is 5.88 Å². The predicted molar refractivity (Wildman–Crippen MR) is 85.7 cm³/mol. The first kappa shape index (κ1) is 14.5. The van der Waals surface area contributed by atoms with Gasteiger partial charge < -0.3 is 16.2 Å². The zero-order chi connectivity index (χ0) is 16.2. The number of nitrogens with one attached hydrogen (secondary N) is 1. The van der Waals surface area contributed by atoms with Crippen molar-refractivity contribution in [2.45, 2.75) is 0 Å². The molecule has 0 fully saturated rings. The van der Waals surface area contributed by atoms with Crippen LogP contribution in [0.25, 0.3) is 11.3 Å². The van der Waals surface area contributed by atoms with Gasteiger partial charge in [0.15, 0.2) is 11.5 Å². The molecule has 0 unspecified atom stereocenters. The van der Waals surface area contributed by atoms with E-state index in [4.69, 9.17) is 5.73 Å². The molecule has 0 aliphatic carbocycles. The lowest BCUT2D eigenvalue weighted by Gasteiger charge is -2.08. The van der Waals surface area contributed by atoms with Crippen LogP contribution in [0.1, 0.15) is 10.5 Å². The summed E-state index contributed by atoms with van der Waals surface area (Å²) in [6.07, 6.45) is 2.89. The van der Waals surface area contributed by atoms with Crippen molar-refractivity contribution in [1.29, 1.82) is 0 Å². The minimum atomic E-state index is -0.449. The highest BCUT2D eigenvalue weighted by molar-refractivity contribution is 6.05. The second-order valence-corrected chi connectivity index (χ2v) is 4.71. The van der Waals surface area contributed by atoms with Crippen molar-refractivity contribution in [2.24, 2.45) is 0 Å². The fraction of sp³-hybridized carbons (Fsp3) is 0. The monoisotopic (exact) mass is 307 g/mol. The molecular weight excluding hydrogens is 294 g/mol. The smallest absolute Gasteiger partial charge is 0.278 e. The maximum Gasteiger partial charge on any atom is 0.278 e. The molecule has 0 bridgehead atoms. The van der Waals surface area contributed by atoms with E-state index in [-0.39, 0.29) is 17.4 Å². The molecule has 0 aliphatic heterocycles. The lowest BCUT2D eigenvalue weighted by Crippen LogP contribution is -2.17. The third kappa shape index (κ3) is 3.24. The summed E-state index contributed by atoms with van der Waals surface area (Å²) in [5.41, 5.74) is 7.47. The number of aromatic nitrogens is 3. The molecule has 114 valence electrons. The van der Waals surface area contributed by atoms with Crippen LogP contribution >= 0.6 is 0 Å². The molecular formula is C16H13N5O2. The Morgan fingerprint density at radius 2 is 1.83 bits per heavy atom. The van der Waals surface area contributed by atoms with Gasteiger partial charge in [-0.3, -0.25) is 4.79 Å². The van der Waals surface area contributed by atoms with Crippen LogP contribution < -0.4 is 11.1 Å². The highest BCUT2D eigenvalue weighted by Gasteiger charge is 2.15. The molecule has 1 amide bonds. The quantitative estimate of drug-likeness (QED) is 0.682. The summed E-state index contributed by atoms with van der Waals surface area (Å²) < 4.78 is 0. The number of pyridine rings is 1. The highest BCUT2D eigenvalue weighted by Crippen LogP contribution is 2.20. The van der Waals surface area contributed by atoms with Crippen LogP contribution in [0.2, 0.25) is 0 Å². The molecule has 1 aromatic carbocycles. The fourth-order valence-electron chi connectivity index (χ4n) is 1.95. The Labute approximate surface area is 131 Å². The van der Waals surface area contributed by atoms with Crippen molar-refractivity contribution in [3.8, 4) is 17.1 Å². The van der Waals surface area contributed by atoms with Gasteiger partial charge in [0.05, 0.1) is 11.9 Å². The summed E-state index contributed by atoms with van der Waals surface area (Å²) in [5, 5.41) is 11.9. The minimum absolute atomic E-state index is 0.0272. The number of anilines is 2. The Bertz CT molecular complexity index is 835. The van der Waals surface area contributed by atoms with Crippen molar-refractivity contribution in [3.05, 3.63) is 60.6 Å². The summed E-state index contributed by atoms with van der Waals surface area (Å²) in [5.74, 6) is -0.511. The zero-order valence-corrected chi connectivity index (χ0v) is 12.0. The number of nitrogens with two attached hydrogens (primary N) is 1. The number of hydrogen-bond acceptors (Lipinski definition) is 6. The van der Waals surface area contributed by atoms with Gasteiger partial charge in [-0.15, -0.1) is 0 Å². The van der Waals surface area contributed by atoms with Gasteiger partial charge in [-0.2, -0.15) is 0 Å². The zero-order valence-electron chi connectivity index (χ0n) is 12.0. The summed E-state index contributed by atoms with van der Waals surface area (Å²) >= 11 is 0. The Hall–Kier alpha value is -3.48. The predicted octanol–water partition coefficient (Wildman–Crippen LogP) is 2.08. The van der Waals surface area contributed by atoms with Gasteiger partial charge in [0.25, 0.3) is 5.91 Å². The molecule has 0 spiro atoms. The Balaban J connectivity index is 1.91. The number of benzene rings is 1. The third-order valence-electron chi connectivity index (χ3n) is 3.09. The number of nitrogens with zero attached hydrogens (tertiary/aromatic N) is 3. The summed E-state index contributed by atoms with van der Waals surface area (Å²) in [4.78, 5) is 24.4. The lowest BCUT2D eigenvalue weighted by atomic mass is 10.2. The second kappa shape index (κ2) is 6.10. The number of nitrogen functional groups attached to an aromatic ring is 1. The van der Waals surface area contributed by atoms with Crippen molar-refractivity contribution in [2.75, 3.05) is 11.1 Å². The van der Waals surface area contributed by atoms with Gasteiger partial charge in [-0.1, -0.05) is 18.2 Å². The molecule has 2 aromatic heterocycles. The number of carbonyl (C=O) groups is 1. The van der Waals surface area contributed by atoms with E-state index in [0.29, 0.717) is 16.9 Å². The SMILES string of the molecule is Nc1ncc(-c2ccc(O)nc2)nc1C(=O)Nc1ccccc1. The number of carbonyl (C=O) groups excluding carboxylic acids is 1. The number of rotatable bonds is 3. The van der Waals surface area contributed by atoms with Crippen LogP contribution in [-0.2, 0) is 0 Å². The number of para-hydroxylation sites is 1. The highest BCUT2D eigenvalue weighted by atomic mass is 16.3. The van der Waals surface area contributed by atoms with E-state index in [1.165, 1.54) is 18.5 Å². The summed E-state index contributed by atoms with van der Waals surface area (Å²) in [6.45, 7) is 0. The van der Waals surface area contributed by atoms with E-state index in [9.17, 15) is 9.90 Å². The molecule has 0 radical (unpaired) electrons. The standard InChI is InChI=1S/C16H13N5O2/c17-15-14(16(23)20-11-4-2-1-3-5-11)21-12(9-19-15)10-6-7-13(22)18-8-10/h1-9H,(H2,17,19)(H,18,22)(H,20,23). The molecule has 7 nitrogen and oxygen atoms in total. The molecule has 0 saturated heterocycles. The summed E-state index contributed by atoms with van der Waals surface area (Å²) in [7, 11) is 0. The van der Waals surface area contributed by atoms with Gasteiger partial charge >= 0.3 is 0 Å². The molecule has 0 aliphatic rings. The lowest BCUT2D eigenvalue weighted by molar-refractivity contribution is 0.102. The van der Waals surface area contributed by atoms with Gasteiger partial charge in [0.1, 0.15) is 0 Å². The molecule has 3 rings (SSSR count). The van der Waals surface area contributed by atoms with Gasteiger partial charge in [-0.05, 0) is 18.2 Å². The summed E-state index contributed by atoms with van der Waals surface area (Å²) in [6, 6.07) is 12.0. The number of hydrogen-bond donors (Lipinski definition) is 3. The minimum Gasteiger partial charge on any atom is -0.493 e. The van der Waals surface area contributed by atoms with Crippen molar-refractivity contribution >= 4 is 17.4 Å². The van der Waals surface area contributed by atoms with Crippen LogP contribution in [0, 0.1) is 0 Å². The van der Waals surface area contributed by atoms with Crippen molar-refractivity contribution in [3.63, 3.8) is 0 Å². The van der Waals surface area contributed by atoms with E-state index < -0.39 is 5.91 Å². The Kier molecular flexibility index (Phi) is 3.84. The number of aromatic hydroxyl groups is 1. The van der Waals surface area contributed by atoms with Crippen LogP contribution in [0.3, 0.4) is 0 Å². The normalized spacial score (nSPS) is 10.3. The molecule has 23 heavy (non-hydrogen) atoms. The van der Waals surface area contributed by atoms with E-state index >= 15 is 0 Å². The van der Waals surface area contributed by atoms with Gasteiger partial charge in [-0.25, -0.2) is 15.0 Å². The maximum absolute atomic E-state index is 12.3. The topological polar surface area (TPSA) is 114 Å².